The van der Waals surface area contributed by atoms with Crippen molar-refractivity contribution < 1.29 is 4.92 Å². The van der Waals surface area contributed by atoms with Gasteiger partial charge in [0.05, 0.1) is 15.0 Å². The van der Waals surface area contributed by atoms with Crippen LogP contribution >= 0.6 is 23.2 Å². The maximum atomic E-state index is 11.1. The van der Waals surface area contributed by atoms with Gasteiger partial charge in [-0.25, -0.2) is 0 Å². The van der Waals surface area contributed by atoms with Gasteiger partial charge in [0.15, 0.2) is 0 Å². The van der Waals surface area contributed by atoms with Gasteiger partial charge in [-0.3, -0.25) is 10.1 Å². The van der Waals surface area contributed by atoms with Crippen LogP contribution in [0.15, 0.2) is 36.4 Å². The Balaban J connectivity index is 2.08. The van der Waals surface area contributed by atoms with Crippen LogP contribution in [0.25, 0.3) is 0 Å². The molecular weight excluding hydrogens is 335 g/mol. The van der Waals surface area contributed by atoms with Gasteiger partial charge in [-0.15, -0.1) is 0 Å². The molecule has 4 nitrogen and oxygen atoms in total. The van der Waals surface area contributed by atoms with Crippen molar-refractivity contribution in [1.29, 1.82) is 0 Å². The number of benzene rings is 2. The van der Waals surface area contributed by atoms with Gasteiger partial charge >= 0.3 is 0 Å². The zero-order valence-electron chi connectivity index (χ0n) is 12.6. The summed E-state index contributed by atoms with van der Waals surface area (Å²) in [5, 5.41) is 15.4. The molecule has 1 unspecified atom stereocenters. The molecule has 0 bridgehead atoms. The fourth-order valence-electron chi connectivity index (χ4n) is 3.31. The number of nitro benzene ring substituents is 1. The Kier molecular flexibility index (Phi) is 4.57. The quantitative estimate of drug-likeness (QED) is 0.619. The molecule has 1 aliphatic carbocycles. The lowest BCUT2D eigenvalue weighted by Gasteiger charge is -2.31. The molecule has 6 heteroatoms. The van der Waals surface area contributed by atoms with Crippen LogP contribution < -0.4 is 5.32 Å². The number of halogens is 2. The summed E-state index contributed by atoms with van der Waals surface area (Å²) in [6, 6.07) is 10.9. The van der Waals surface area contributed by atoms with E-state index in [9.17, 15) is 10.1 Å². The first-order chi connectivity index (χ1) is 11.0. The molecule has 1 N–H and O–H groups in total. The molecule has 0 aromatic heterocycles. The molecule has 0 heterocycles. The molecule has 0 radical (unpaired) electrons. The average molecular weight is 351 g/mol. The second kappa shape index (κ2) is 6.48. The summed E-state index contributed by atoms with van der Waals surface area (Å²) in [6.45, 7) is 0. The molecule has 0 aliphatic heterocycles. The van der Waals surface area contributed by atoms with Crippen LogP contribution in [0.2, 0.25) is 10.0 Å². The molecule has 1 aliphatic rings. The Morgan fingerprint density at radius 1 is 1.09 bits per heavy atom. The SMILES string of the molecule is CN[C@H]1CCC(c2ccc(Cl)c(Cl)c2)c2ccc([N+](=O)[O-])cc21. The predicted octanol–water partition coefficient (Wildman–Crippen LogP) is 5.09. The Morgan fingerprint density at radius 2 is 1.87 bits per heavy atom. The van der Waals surface area contributed by atoms with Crippen molar-refractivity contribution in [2.45, 2.75) is 24.8 Å². The lowest BCUT2D eigenvalue weighted by molar-refractivity contribution is -0.385. The fourth-order valence-corrected chi connectivity index (χ4v) is 3.62. The van der Waals surface area contributed by atoms with Gasteiger partial charge in [0.1, 0.15) is 0 Å². The van der Waals surface area contributed by atoms with Gasteiger partial charge in [0.25, 0.3) is 5.69 Å². The largest absolute Gasteiger partial charge is 0.313 e. The first kappa shape index (κ1) is 16.2. The van der Waals surface area contributed by atoms with Crippen molar-refractivity contribution >= 4 is 28.9 Å². The molecule has 2 aromatic rings. The number of fused-ring (bicyclic) bond motifs is 1. The van der Waals surface area contributed by atoms with Gasteiger partial charge in [0, 0.05) is 24.1 Å². The van der Waals surface area contributed by atoms with E-state index in [-0.39, 0.29) is 22.6 Å². The first-order valence-corrected chi connectivity index (χ1v) is 8.17. The average Bonchev–Trinajstić information content (AvgIpc) is 2.55. The highest BCUT2D eigenvalue weighted by Gasteiger charge is 2.29. The van der Waals surface area contributed by atoms with E-state index < -0.39 is 0 Å². The smallest absolute Gasteiger partial charge is 0.269 e. The molecule has 0 saturated carbocycles. The summed E-state index contributed by atoms with van der Waals surface area (Å²) in [6.07, 6.45) is 1.86. The Hall–Kier alpha value is -1.62. The minimum Gasteiger partial charge on any atom is -0.313 e. The van der Waals surface area contributed by atoms with Crippen molar-refractivity contribution in [3.8, 4) is 0 Å². The summed E-state index contributed by atoms with van der Waals surface area (Å²) in [4.78, 5) is 10.7. The monoisotopic (exact) mass is 350 g/mol. The van der Waals surface area contributed by atoms with Crippen LogP contribution in [-0.2, 0) is 0 Å². The summed E-state index contributed by atoms with van der Waals surface area (Å²) < 4.78 is 0. The van der Waals surface area contributed by atoms with Gasteiger partial charge in [-0.1, -0.05) is 35.3 Å². The van der Waals surface area contributed by atoms with Crippen molar-refractivity contribution in [2.75, 3.05) is 7.05 Å². The van der Waals surface area contributed by atoms with Gasteiger partial charge in [-0.05, 0) is 48.7 Å². The van der Waals surface area contributed by atoms with Crippen LogP contribution in [0.5, 0.6) is 0 Å². The van der Waals surface area contributed by atoms with Crippen molar-refractivity contribution in [2.24, 2.45) is 0 Å². The van der Waals surface area contributed by atoms with Crippen LogP contribution in [0, 0.1) is 10.1 Å². The van der Waals surface area contributed by atoms with Gasteiger partial charge < -0.3 is 5.32 Å². The van der Waals surface area contributed by atoms with E-state index in [1.807, 2.05) is 25.2 Å². The Morgan fingerprint density at radius 3 is 2.52 bits per heavy atom. The van der Waals surface area contributed by atoms with Gasteiger partial charge in [0.2, 0.25) is 0 Å². The normalized spacial score (nSPS) is 20.1. The predicted molar refractivity (Wildman–Crippen MR) is 92.4 cm³/mol. The van der Waals surface area contributed by atoms with E-state index in [0.717, 1.165) is 29.5 Å². The zero-order chi connectivity index (χ0) is 16.6. The standard InChI is InChI=1S/C17H16Cl2N2O2/c1-20-17-7-5-12(10-2-6-15(18)16(19)8-10)13-4-3-11(21(22)23)9-14(13)17/h2-4,6,8-9,12,17,20H,5,7H2,1H3/t12?,17-/m0/s1. The first-order valence-electron chi connectivity index (χ1n) is 7.41. The number of hydrogen-bond donors (Lipinski definition) is 1. The molecule has 0 saturated heterocycles. The number of nitro groups is 1. The van der Waals surface area contributed by atoms with Crippen LogP contribution in [0.4, 0.5) is 5.69 Å². The Bertz CT molecular complexity index is 764. The number of hydrogen-bond acceptors (Lipinski definition) is 3. The number of nitrogens with one attached hydrogen (secondary N) is 1. The lowest BCUT2D eigenvalue weighted by atomic mass is 9.76. The molecular formula is C17H16Cl2N2O2. The molecule has 2 atom stereocenters. The number of nitrogens with zero attached hydrogens (tertiary/aromatic N) is 1. The topological polar surface area (TPSA) is 55.2 Å². The minimum atomic E-state index is -0.351. The van der Waals surface area contributed by atoms with Crippen molar-refractivity contribution in [3.63, 3.8) is 0 Å². The zero-order valence-corrected chi connectivity index (χ0v) is 14.1. The van der Waals surface area contributed by atoms with Crippen LogP contribution in [0.1, 0.15) is 41.5 Å². The fraction of sp³-hybridized carbons (Fsp3) is 0.294. The van der Waals surface area contributed by atoms with Crippen molar-refractivity contribution in [1.82, 2.24) is 5.32 Å². The maximum absolute atomic E-state index is 11.1. The molecule has 0 spiro atoms. The molecule has 2 aromatic carbocycles. The Labute approximate surface area is 144 Å². The summed E-state index contributed by atoms with van der Waals surface area (Å²) in [5.41, 5.74) is 3.31. The highest BCUT2D eigenvalue weighted by molar-refractivity contribution is 6.42. The lowest BCUT2D eigenvalue weighted by Crippen LogP contribution is -2.24. The number of non-ortho nitro benzene ring substituents is 1. The number of rotatable bonds is 3. The second-order valence-electron chi connectivity index (χ2n) is 5.72. The van der Waals surface area contributed by atoms with Crippen molar-refractivity contribution in [3.05, 3.63) is 73.2 Å². The molecule has 0 fully saturated rings. The second-order valence-corrected chi connectivity index (χ2v) is 6.53. The highest BCUT2D eigenvalue weighted by Crippen LogP contribution is 2.43. The summed E-state index contributed by atoms with van der Waals surface area (Å²) in [5.74, 6) is 0.171. The summed E-state index contributed by atoms with van der Waals surface area (Å²) >= 11 is 12.2. The third-order valence-electron chi connectivity index (χ3n) is 4.47. The van der Waals surface area contributed by atoms with E-state index in [2.05, 4.69) is 5.32 Å². The molecule has 3 rings (SSSR count). The van der Waals surface area contributed by atoms with Crippen LogP contribution in [0.3, 0.4) is 0 Å². The molecule has 0 amide bonds. The maximum Gasteiger partial charge on any atom is 0.269 e. The third-order valence-corrected chi connectivity index (χ3v) is 5.21. The van der Waals surface area contributed by atoms with E-state index in [1.54, 1.807) is 18.2 Å². The van der Waals surface area contributed by atoms with E-state index in [4.69, 9.17) is 23.2 Å². The van der Waals surface area contributed by atoms with E-state index in [0.29, 0.717) is 10.0 Å². The van der Waals surface area contributed by atoms with E-state index >= 15 is 0 Å². The summed E-state index contributed by atoms with van der Waals surface area (Å²) in [7, 11) is 1.88. The van der Waals surface area contributed by atoms with Gasteiger partial charge in [-0.2, -0.15) is 0 Å². The highest BCUT2D eigenvalue weighted by atomic mass is 35.5. The van der Waals surface area contributed by atoms with Crippen LogP contribution in [-0.4, -0.2) is 12.0 Å². The third kappa shape index (κ3) is 3.07. The molecule has 23 heavy (non-hydrogen) atoms. The minimum absolute atomic E-state index is 0.124. The van der Waals surface area contributed by atoms with E-state index in [1.165, 1.54) is 0 Å². The molecule has 120 valence electrons.